The van der Waals surface area contributed by atoms with E-state index in [2.05, 4.69) is 20.3 Å². The number of pyridine rings is 2. The topological polar surface area (TPSA) is 142 Å². The van der Waals surface area contributed by atoms with Crippen molar-refractivity contribution in [2.45, 2.75) is 20.4 Å². The van der Waals surface area contributed by atoms with E-state index < -0.39 is 5.91 Å². The molecule has 31 heavy (non-hydrogen) atoms. The van der Waals surface area contributed by atoms with Gasteiger partial charge in [0.25, 0.3) is 11.5 Å². The van der Waals surface area contributed by atoms with E-state index in [1.165, 1.54) is 6.33 Å². The van der Waals surface area contributed by atoms with Gasteiger partial charge in [-0.15, -0.1) is 0 Å². The second-order valence-corrected chi connectivity index (χ2v) is 7.16. The van der Waals surface area contributed by atoms with Gasteiger partial charge in [-0.2, -0.15) is 0 Å². The lowest BCUT2D eigenvalue weighted by Gasteiger charge is -2.17. The van der Waals surface area contributed by atoms with Crippen LogP contribution in [0.25, 0.3) is 16.6 Å². The Morgan fingerprint density at radius 1 is 1.10 bits per heavy atom. The van der Waals surface area contributed by atoms with E-state index in [4.69, 9.17) is 11.5 Å². The van der Waals surface area contributed by atoms with Crippen molar-refractivity contribution < 1.29 is 4.79 Å². The van der Waals surface area contributed by atoms with Crippen LogP contribution in [-0.4, -0.2) is 25.4 Å². The quantitative estimate of drug-likeness (QED) is 0.453. The molecule has 5 N–H and O–H groups in total. The number of amides is 1. The number of anilines is 2. The molecule has 0 aliphatic carbocycles. The van der Waals surface area contributed by atoms with Gasteiger partial charge in [0.15, 0.2) is 0 Å². The molecule has 3 heterocycles. The molecule has 9 heteroatoms. The van der Waals surface area contributed by atoms with Gasteiger partial charge in [-0.1, -0.05) is 24.3 Å². The van der Waals surface area contributed by atoms with Crippen LogP contribution in [0.15, 0.2) is 53.7 Å². The van der Waals surface area contributed by atoms with E-state index >= 15 is 0 Å². The third kappa shape index (κ3) is 3.57. The molecular formula is C22H21N7O2. The number of fused-ring (bicyclic) bond motifs is 1. The Bertz CT molecular complexity index is 1380. The minimum atomic E-state index is -0.743. The molecule has 1 aromatic carbocycles. The Morgan fingerprint density at radius 3 is 2.61 bits per heavy atom. The van der Waals surface area contributed by atoms with Crippen LogP contribution in [0.4, 0.5) is 11.6 Å². The van der Waals surface area contributed by atoms with E-state index in [0.29, 0.717) is 16.9 Å². The summed E-state index contributed by atoms with van der Waals surface area (Å²) in [7, 11) is 0. The number of nitrogens with one attached hydrogen (secondary N) is 1. The van der Waals surface area contributed by atoms with Crippen LogP contribution in [0.5, 0.6) is 0 Å². The van der Waals surface area contributed by atoms with Gasteiger partial charge in [-0.3, -0.25) is 14.2 Å². The van der Waals surface area contributed by atoms with Crippen molar-refractivity contribution in [2.24, 2.45) is 5.73 Å². The van der Waals surface area contributed by atoms with Crippen molar-refractivity contribution in [3.05, 3.63) is 81.7 Å². The summed E-state index contributed by atoms with van der Waals surface area (Å²) in [6.45, 7) is 3.97. The standard InChI is InChI=1S/C22H21N7O2/c1-12-5-3-7-14-9-15(10-26-20-17(19(24)30)18(23)27-11-28-20)29(22(31)16(12)14)21-13(2)6-4-8-25-21/h3-9,11H,10H2,1-2H3,(H2,24,30)(H3,23,26,27,28). The number of hydrogen-bond acceptors (Lipinski definition) is 7. The second kappa shape index (κ2) is 7.86. The molecule has 0 unspecified atom stereocenters. The van der Waals surface area contributed by atoms with Gasteiger partial charge in [-0.25, -0.2) is 15.0 Å². The first-order valence-electron chi connectivity index (χ1n) is 9.59. The van der Waals surface area contributed by atoms with Gasteiger partial charge in [0.2, 0.25) is 0 Å². The van der Waals surface area contributed by atoms with Crippen LogP contribution in [0, 0.1) is 13.8 Å². The maximum Gasteiger partial charge on any atom is 0.264 e. The number of nitrogens with two attached hydrogens (primary N) is 2. The summed E-state index contributed by atoms with van der Waals surface area (Å²) in [6, 6.07) is 11.3. The number of carbonyl (C=O) groups excluding carboxylic acids is 1. The molecule has 4 aromatic rings. The van der Waals surface area contributed by atoms with Crippen molar-refractivity contribution in [1.29, 1.82) is 0 Å². The zero-order valence-electron chi connectivity index (χ0n) is 17.1. The number of carbonyl (C=O) groups is 1. The SMILES string of the molecule is Cc1cccnc1-n1c(CNc2ncnc(N)c2C(N)=O)cc2cccc(C)c2c1=O. The van der Waals surface area contributed by atoms with Gasteiger partial charge < -0.3 is 16.8 Å². The van der Waals surface area contributed by atoms with Crippen LogP contribution < -0.4 is 22.3 Å². The summed E-state index contributed by atoms with van der Waals surface area (Å²) in [5.41, 5.74) is 13.4. The summed E-state index contributed by atoms with van der Waals surface area (Å²) >= 11 is 0. The number of benzene rings is 1. The maximum atomic E-state index is 13.5. The molecule has 9 nitrogen and oxygen atoms in total. The summed E-state index contributed by atoms with van der Waals surface area (Å²) in [5.74, 6) is -0.0299. The molecular weight excluding hydrogens is 394 g/mol. The van der Waals surface area contributed by atoms with Gasteiger partial charge in [-0.05, 0) is 42.5 Å². The van der Waals surface area contributed by atoms with Gasteiger partial charge >= 0.3 is 0 Å². The summed E-state index contributed by atoms with van der Waals surface area (Å²) in [4.78, 5) is 37.7. The Balaban J connectivity index is 1.90. The van der Waals surface area contributed by atoms with Gasteiger partial charge in [0.1, 0.15) is 29.3 Å². The fourth-order valence-corrected chi connectivity index (χ4v) is 3.61. The predicted molar refractivity (Wildman–Crippen MR) is 119 cm³/mol. The normalized spacial score (nSPS) is 10.9. The first-order valence-corrected chi connectivity index (χ1v) is 9.59. The lowest BCUT2D eigenvalue weighted by molar-refractivity contribution is 0.100. The van der Waals surface area contributed by atoms with Gasteiger partial charge in [0, 0.05) is 11.9 Å². The number of nitrogens with zero attached hydrogens (tertiary/aromatic N) is 4. The van der Waals surface area contributed by atoms with Crippen LogP contribution in [0.2, 0.25) is 0 Å². The largest absolute Gasteiger partial charge is 0.383 e. The van der Waals surface area contributed by atoms with E-state index in [0.717, 1.165) is 16.5 Å². The number of nitrogen functional groups attached to an aromatic ring is 1. The monoisotopic (exact) mass is 415 g/mol. The first kappa shape index (κ1) is 20.0. The van der Waals surface area contributed by atoms with E-state index in [1.54, 1.807) is 10.8 Å². The highest BCUT2D eigenvalue weighted by Gasteiger charge is 2.18. The van der Waals surface area contributed by atoms with Crippen LogP contribution in [0.3, 0.4) is 0 Å². The molecule has 156 valence electrons. The van der Waals surface area contributed by atoms with Crippen LogP contribution in [0.1, 0.15) is 27.2 Å². The van der Waals surface area contributed by atoms with Crippen molar-refractivity contribution in [1.82, 2.24) is 19.5 Å². The van der Waals surface area contributed by atoms with Crippen molar-refractivity contribution in [3.63, 3.8) is 0 Å². The Hall–Kier alpha value is -4.27. The Kier molecular flexibility index (Phi) is 5.08. The zero-order chi connectivity index (χ0) is 22.1. The van der Waals surface area contributed by atoms with E-state index in [1.807, 2.05) is 50.2 Å². The van der Waals surface area contributed by atoms with Gasteiger partial charge in [0.05, 0.1) is 11.9 Å². The molecule has 0 saturated heterocycles. The number of rotatable bonds is 5. The third-order valence-corrected chi connectivity index (χ3v) is 5.08. The van der Waals surface area contributed by atoms with E-state index in [-0.39, 0.29) is 29.3 Å². The number of aryl methyl sites for hydroxylation is 2. The fourth-order valence-electron chi connectivity index (χ4n) is 3.61. The fraction of sp³-hybridized carbons (Fsp3) is 0.136. The third-order valence-electron chi connectivity index (χ3n) is 5.08. The molecule has 0 fully saturated rings. The number of hydrogen-bond donors (Lipinski definition) is 3. The Morgan fingerprint density at radius 2 is 1.87 bits per heavy atom. The molecule has 3 aromatic heterocycles. The summed E-state index contributed by atoms with van der Waals surface area (Å²) in [5, 5.41) is 4.50. The lowest BCUT2D eigenvalue weighted by atomic mass is 10.1. The average molecular weight is 415 g/mol. The molecule has 0 saturated carbocycles. The van der Waals surface area contributed by atoms with E-state index in [9.17, 15) is 9.59 Å². The predicted octanol–water partition coefficient (Wildman–Crippen LogP) is 2.09. The summed E-state index contributed by atoms with van der Waals surface area (Å²) < 4.78 is 1.58. The van der Waals surface area contributed by atoms with Crippen LogP contribution >= 0.6 is 0 Å². The minimum Gasteiger partial charge on any atom is -0.383 e. The zero-order valence-corrected chi connectivity index (χ0v) is 17.1. The highest BCUT2D eigenvalue weighted by molar-refractivity contribution is 6.01. The molecule has 0 spiro atoms. The molecule has 0 aliphatic rings. The highest BCUT2D eigenvalue weighted by Crippen LogP contribution is 2.22. The number of aromatic nitrogens is 4. The molecule has 0 atom stereocenters. The average Bonchev–Trinajstić information content (AvgIpc) is 2.73. The molecule has 0 aliphatic heterocycles. The number of primary amides is 1. The molecule has 1 amide bonds. The van der Waals surface area contributed by atoms with Crippen molar-refractivity contribution >= 4 is 28.3 Å². The summed E-state index contributed by atoms with van der Waals surface area (Å²) in [6.07, 6.45) is 2.88. The maximum absolute atomic E-state index is 13.5. The minimum absolute atomic E-state index is 0.00190. The second-order valence-electron chi connectivity index (χ2n) is 7.16. The first-order chi connectivity index (χ1) is 14.9. The highest BCUT2D eigenvalue weighted by atomic mass is 16.1. The molecule has 4 rings (SSSR count). The smallest absolute Gasteiger partial charge is 0.264 e. The molecule has 0 bridgehead atoms. The van der Waals surface area contributed by atoms with Crippen molar-refractivity contribution in [2.75, 3.05) is 11.1 Å². The van der Waals surface area contributed by atoms with Crippen LogP contribution in [-0.2, 0) is 6.54 Å². The van der Waals surface area contributed by atoms with Crippen molar-refractivity contribution in [3.8, 4) is 5.82 Å². The lowest BCUT2D eigenvalue weighted by Crippen LogP contribution is -2.26. The Labute approximate surface area is 177 Å². The molecule has 0 radical (unpaired) electrons.